The molecule has 0 aromatic rings. The van der Waals surface area contributed by atoms with Crippen LogP contribution in [0.1, 0.15) is 310 Å². The second-order valence-electron chi connectivity index (χ2n) is 20.6. The van der Waals surface area contributed by atoms with Crippen LogP contribution in [-0.2, 0) is 28.6 Å². The van der Waals surface area contributed by atoms with Gasteiger partial charge in [0.05, 0.1) is 0 Å². The summed E-state index contributed by atoms with van der Waals surface area (Å²) in [6.07, 6.45) is 77.6. The molecule has 0 aliphatic rings. The van der Waals surface area contributed by atoms with Gasteiger partial charge in [-0.05, 0) is 89.9 Å². The maximum Gasteiger partial charge on any atom is 0.306 e. The Morgan fingerprint density at radius 2 is 0.542 bits per heavy atom. The molecule has 6 heteroatoms. The van der Waals surface area contributed by atoms with Gasteiger partial charge >= 0.3 is 17.9 Å². The molecule has 0 heterocycles. The van der Waals surface area contributed by atoms with Gasteiger partial charge in [0.2, 0.25) is 0 Å². The molecule has 416 valence electrons. The molecule has 0 aliphatic heterocycles. The van der Waals surface area contributed by atoms with E-state index in [4.69, 9.17) is 14.2 Å². The minimum Gasteiger partial charge on any atom is -0.462 e. The third-order valence-electron chi connectivity index (χ3n) is 13.4. The maximum atomic E-state index is 12.9. The Morgan fingerprint density at radius 3 is 0.847 bits per heavy atom. The lowest BCUT2D eigenvalue weighted by Gasteiger charge is -2.18. The summed E-state index contributed by atoms with van der Waals surface area (Å²) < 4.78 is 16.9. The first-order valence-electron chi connectivity index (χ1n) is 30.9. The Kier molecular flexibility index (Phi) is 57.8. The van der Waals surface area contributed by atoms with Crippen molar-refractivity contribution in [2.24, 2.45) is 0 Å². The highest BCUT2D eigenvalue weighted by atomic mass is 16.6. The minimum absolute atomic E-state index is 0.0756. The van der Waals surface area contributed by atoms with Crippen LogP contribution in [0.5, 0.6) is 0 Å². The van der Waals surface area contributed by atoms with Crippen LogP contribution in [0.4, 0.5) is 0 Å². The van der Waals surface area contributed by atoms with Gasteiger partial charge in [-0.1, -0.05) is 273 Å². The summed E-state index contributed by atoms with van der Waals surface area (Å²) >= 11 is 0. The molecule has 0 aromatic heterocycles. The van der Waals surface area contributed by atoms with E-state index in [1.807, 2.05) is 0 Å². The number of esters is 3. The van der Waals surface area contributed by atoms with E-state index in [9.17, 15) is 14.4 Å². The van der Waals surface area contributed by atoms with Gasteiger partial charge in [0.1, 0.15) is 13.2 Å². The predicted octanol–water partition coefficient (Wildman–Crippen LogP) is 20.9. The zero-order valence-electron chi connectivity index (χ0n) is 47.7. The third kappa shape index (κ3) is 57.7. The molecule has 0 radical (unpaired) electrons. The molecule has 0 aromatic carbocycles. The molecular weight excluding hydrogens is 889 g/mol. The van der Waals surface area contributed by atoms with Gasteiger partial charge in [0, 0.05) is 19.3 Å². The molecule has 0 fully saturated rings. The topological polar surface area (TPSA) is 78.9 Å². The zero-order chi connectivity index (χ0) is 52.2. The summed E-state index contributed by atoms with van der Waals surface area (Å²) in [4.78, 5) is 38.2. The zero-order valence-corrected chi connectivity index (χ0v) is 47.7. The molecule has 0 spiro atoms. The Hall–Kier alpha value is -3.15. The molecule has 1 unspecified atom stereocenters. The molecular formula is C66H116O6. The summed E-state index contributed by atoms with van der Waals surface area (Å²) in [6, 6.07) is 0. The number of rotatable bonds is 56. The smallest absolute Gasteiger partial charge is 0.306 e. The van der Waals surface area contributed by atoms with E-state index >= 15 is 0 Å². The fraction of sp³-hybridized carbons (Fsp3) is 0.773. The molecule has 0 saturated carbocycles. The minimum atomic E-state index is -0.778. The van der Waals surface area contributed by atoms with Gasteiger partial charge in [0.15, 0.2) is 6.10 Å². The van der Waals surface area contributed by atoms with Crippen molar-refractivity contribution in [3.8, 4) is 0 Å². The van der Waals surface area contributed by atoms with E-state index in [-0.39, 0.29) is 31.1 Å². The molecule has 0 amide bonds. The van der Waals surface area contributed by atoms with Crippen molar-refractivity contribution in [3.05, 3.63) is 72.9 Å². The van der Waals surface area contributed by atoms with E-state index in [0.717, 1.165) is 89.9 Å². The Labute approximate surface area is 446 Å². The summed E-state index contributed by atoms with van der Waals surface area (Å²) in [5, 5.41) is 0. The fourth-order valence-corrected chi connectivity index (χ4v) is 8.82. The van der Waals surface area contributed by atoms with Crippen LogP contribution in [0.15, 0.2) is 72.9 Å². The summed E-state index contributed by atoms with van der Waals surface area (Å²) in [5.74, 6) is -0.873. The van der Waals surface area contributed by atoms with Gasteiger partial charge in [-0.25, -0.2) is 0 Å². The molecule has 1 atom stereocenters. The first kappa shape index (κ1) is 68.8. The number of unbranched alkanes of at least 4 members (excludes halogenated alkanes) is 33. The standard InChI is InChI=1S/C66H116O6/c1-4-7-10-13-16-19-22-24-26-28-30-32-33-35-36-38-40-42-44-47-50-53-56-59-65(68)71-62-63(61-70-64(67)58-55-52-49-46-21-18-15-12-9-6-3)72-66(69)60-57-54-51-48-45-43-41-39-37-34-31-29-27-25-23-20-17-14-11-8-5-2/h7,10,16,19,23-26,29-32,63H,4-6,8-9,11-15,17-18,20-22,27-28,33-62H2,1-3H3/b10-7-,19-16-,25-23-,26-24-,31-29-,32-30-. The molecule has 72 heavy (non-hydrogen) atoms. The highest BCUT2D eigenvalue weighted by Gasteiger charge is 2.19. The van der Waals surface area contributed by atoms with E-state index in [0.29, 0.717) is 19.3 Å². The van der Waals surface area contributed by atoms with Crippen molar-refractivity contribution in [1.29, 1.82) is 0 Å². The lowest BCUT2D eigenvalue weighted by Crippen LogP contribution is -2.30. The molecule has 0 bridgehead atoms. The fourth-order valence-electron chi connectivity index (χ4n) is 8.82. The highest BCUT2D eigenvalue weighted by molar-refractivity contribution is 5.71. The average Bonchev–Trinajstić information content (AvgIpc) is 3.38. The van der Waals surface area contributed by atoms with Crippen molar-refractivity contribution < 1.29 is 28.6 Å². The third-order valence-corrected chi connectivity index (χ3v) is 13.4. The second-order valence-corrected chi connectivity index (χ2v) is 20.6. The first-order chi connectivity index (χ1) is 35.5. The Balaban J connectivity index is 4.27. The predicted molar refractivity (Wildman–Crippen MR) is 311 cm³/mol. The van der Waals surface area contributed by atoms with Gasteiger partial charge in [0.25, 0.3) is 0 Å². The number of hydrogen-bond acceptors (Lipinski definition) is 6. The summed E-state index contributed by atoms with van der Waals surface area (Å²) in [6.45, 7) is 6.53. The lowest BCUT2D eigenvalue weighted by atomic mass is 10.1. The van der Waals surface area contributed by atoms with E-state index in [2.05, 4.69) is 93.7 Å². The average molecular weight is 1010 g/mol. The quantitative estimate of drug-likeness (QED) is 0.0261. The normalized spacial score (nSPS) is 12.5. The molecule has 6 nitrogen and oxygen atoms in total. The van der Waals surface area contributed by atoms with Gasteiger partial charge in [-0.2, -0.15) is 0 Å². The van der Waals surface area contributed by atoms with Crippen molar-refractivity contribution in [1.82, 2.24) is 0 Å². The first-order valence-corrected chi connectivity index (χ1v) is 30.9. The largest absolute Gasteiger partial charge is 0.462 e. The van der Waals surface area contributed by atoms with Crippen LogP contribution in [0.2, 0.25) is 0 Å². The second kappa shape index (κ2) is 60.4. The van der Waals surface area contributed by atoms with Crippen LogP contribution < -0.4 is 0 Å². The van der Waals surface area contributed by atoms with E-state index < -0.39 is 6.10 Å². The van der Waals surface area contributed by atoms with Gasteiger partial charge in [-0.15, -0.1) is 0 Å². The van der Waals surface area contributed by atoms with Crippen LogP contribution in [0.25, 0.3) is 0 Å². The number of allylic oxidation sites excluding steroid dienone is 12. The SMILES string of the molecule is CC/C=C\C/C=C\C/C=C\C/C=C\CCCCCCCCCCCCC(=O)OCC(COC(=O)CCCCCCCCCCCC)OC(=O)CCCCCCCCCCC/C=C\C/C=C\CCCCCCC. The monoisotopic (exact) mass is 1000 g/mol. The van der Waals surface area contributed by atoms with E-state index in [1.165, 1.54) is 180 Å². The summed E-state index contributed by atoms with van der Waals surface area (Å²) in [5.41, 5.74) is 0. The van der Waals surface area contributed by atoms with Crippen molar-refractivity contribution >= 4 is 17.9 Å². The summed E-state index contributed by atoms with van der Waals surface area (Å²) in [7, 11) is 0. The van der Waals surface area contributed by atoms with Crippen LogP contribution in [0.3, 0.4) is 0 Å². The number of carbonyl (C=O) groups excluding carboxylic acids is 3. The van der Waals surface area contributed by atoms with Gasteiger partial charge in [-0.3, -0.25) is 14.4 Å². The van der Waals surface area contributed by atoms with Gasteiger partial charge < -0.3 is 14.2 Å². The number of carbonyl (C=O) groups is 3. The molecule has 0 saturated heterocycles. The highest BCUT2D eigenvalue weighted by Crippen LogP contribution is 2.16. The van der Waals surface area contributed by atoms with Crippen LogP contribution in [0, 0.1) is 0 Å². The number of hydrogen-bond donors (Lipinski definition) is 0. The number of ether oxygens (including phenoxy) is 3. The van der Waals surface area contributed by atoms with Crippen molar-refractivity contribution in [2.75, 3.05) is 13.2 Å². The molecule has 0 aliphatic carbocycles. The van der Waals surface area contributed by atoms with Crippen LogP contribution >= 0.6 is 0 Å². The maximum absolute atomic E-state index is 12.9. The Morgan fingerprint density at radius 1 is 0.292 bits per heavy atom. The van der Waals surface area contributed by atoms with Crippen molar-refractivity contribution in [3.63, 3.8) is 0 Å². The molecule has 0 N–H and O–H groups in total. The molecule has 0 rings (SSSR count). The van der Waals surface area contributed by atoms with Crippen LogP contribution in [-0.4, -0.2) is 37.2 Å². The van der Waals surface area contributed by atoms with E-state index in [1.54, 1.807) is 0 Å². The van der Waals surface area contributed by atoms with Crippen molar-refractivity contribution in [2.45, 2.75) is 316 Å². The lowest BCUT2D eigenvalue weighted by molar-refractivity contribution is -0.167. The Bertz CT molecular complexity index is 1340.